The summed E-state index contributed by atoms with van der Waals surface area (Å²) < 4.78 is 7.05. The SMILES string of the molecule is CCn1cnnc1-c1cccc(NC(=O)CC(CN)OC)c1. The summed E-state index contributed by atoms with van der Waals surface area (Å²) in [4.78, 5) is 12.0. The lowest BCUT2D eigenvalue weighted by Crippen LogP contribution is -2.28. The summed E-state index contributed by atoms with van der Waals surface area (Å²) in [5, 5.41) is 10.9. The third-order valence-electron chi connectivity index (χ3n) is 3.37. The number of aromatic nitrogens is 3. The van der Waals surface area contributed by atoms with E-state index in [1.807, 2.05) is 35.8 Å². The summed E-state index contributed by atoms with van der Waals surface area (Å²) in [6.07, 6.45) is 1.64. The highest BCUT2D eigenvalue weighted by atomic mass is 16.5. The zero-order valence-corrected chi connectivity index (χ0v) is 12.8. The minimum atomic E-state index is -0.272. The second-order valence-electron chi connectivity index (χ2n) is 4.87. The van der Waals surface area contributed by atoms with E-state index in [-0.39, 0.29) is 18.4 Å². The monoisotopic (exact) mass is 303 g/mol. The lowest BCUT2D eigenvalue weighted by Gasteiger charge is -2.13. The summed E-state index contributed by atoms with van der Waals surface area (Å²) in [5.74, 6) is 0.640. The maximum Gasteiger partial charge on any atom is 0.227 e. The van der Waals surface area contributed by atoms with Gasteiger partial charge in [-0.1, -0.05) is 12.1 Å². The van der Waals surface area contributed by atoms with Crippen molar-refractivity contribution >= 4 is 11.6 Å². The highest BCUT2D eigenvalue weighted by Gasteiger charge is 2.12. The van der Waals surface area contributed by atoms with E-state index in [9.17, 15) is 4.79 Å². The highest BCUT2D eigenvalue weighted by Crippen LogP contribution is 2.21. The van der Waals surface area contributed by atoms with Gasteiger partial charge in [0.2, 0.25) is 5.91 Å². The molecule has 0 radical (unpaired) electrons. The molecule has 0 aliphatic rings. The molecule has 1 amide bonds. The topological polar surface area (TPSA) is 95.1 Å². The molecule has 118 valence electrons. The van der Waals surface area contributed by atoms with Crippen molar-refractivity contribution in [3.8, 4) is 11.4 Å². The molecule has 0 aliphatic carbocycles. The summed E-state index contributed by atoms with van der Waals surface area (Å²) in [5.41, 5.74) is 7.13. The predicted molar refractivity (Wildman–Crippen MR) is 84.2 cm³/mol. The number of methoxy groups -OCH3 is 1. The fraction of sp³-hybridized carbons (Fsp3) is 0.400. The number of ether oxygens (including phenoxy) is 1. The first-order chi connectivity index (χ1) is 10.7. The van der Waals surface area contributed by atoms with Crippen molar-refractivity contribution in [2.24, 2.45) is 5.73 Å². The number of hydrogen-bond acceptors (Lipinski definition) is 5. The number of nitrogens with zero attached hydrogens (tertiary/aromatic N) is 3. The molecule has 1 aromatic carbocycles. The van der Waals surface area contributed by atoms with Crippen molar-refractivity contribution in [3.63, 3.8) is 0 Å². The summed E-state index contributed by atoms with van der Waals surface area (Å²) in [6.45, 7) is 3.12. The van der Waals surface area contributed by atoms with Gasteiger partial charge in [0, 0.05) is 31.5 Å². The molecule has 0 bridgehead atoms. The Kier molecular flexibility index (Phi) is 5.62. The van der Waals surface area contributed by atoms with Crippen LogP contribution in [0.4, 0.5) is 5.69 Å². The van der Waals surface area contributed by atoms with Crippen LogP contribution in [0.2, 0.25) is 0 Å². The lowest BCUT2D eigenvalue weighted by atomic mass is 10.1. The van der Waals surface area contributed by atoms with Gasteiger partial charge in [0.15, 0.2) is 5.82 Å². The first kappa shape index (κ1) is 16.1. The van der Waals surface area contributed by atoms with Gasteiger partial charge in [-0.15, -0.1) is 10.2 Å². The number of carbonyl (C=O) groups excluding carboxylic acids is 1. The number of nitrogens with one attached hydrogen (secondary N) is 1. The van der Waals surface area contributed by atoms with Gasteiger partial charge in [-0.05, 0) is 19.1 Å². The third-order valence-corrected chi connectivity index (χ3v) is 3.37. The Labute approximate surface area is 129 Å². The van der Waals surface area contributed by atoms with Crippen LogP contribution in [0.25, 0.3) is 11.4 Å². The molecule has 0 saturated carbocycles. The maximum absolute atomic E-state index is 12.0. The van der Waals surface area contributed by atoms with E-state index in [1.165, 1.54) is 0 Å². The first-order valence-corrected chi connectivity index (χ1v) is 7.18. The Morgan fingerprint density at radius 2 is 2.32 bits per heavy atom. The quantitative estimate of drug-likeness (QED) is 0.803. The molecule has 1 atom stereocenters. The molecule has 22 heavy (non-hydrogen) atoms. The van der Waals surface area contributed by atoms with Gasteiger partial charge in [-0.2, -0.15) is 0 Å². The molecule has 0 aliphatic heterocycles. The molecule has 1 heterocycles. The lowest BCUT2D eigenvalue weighted by molar-refractivity contribution is -0.118. The van der Waals surface area contributed by atoms with Crippen LogP contribution in [0.1, 0.15) is 13.3 Å². The molecule has 2 rings (SSSR count). The van der Waals surface area contributed by atoms with Crippen LogP contribution in [-0.4, -0.2) is 40.4 Å². The van der Waals surface area contributed by atoms with Crippen LogP contribution in [-0.2, 0) is 16.1 Å². The largest absolute Gasteiger partial charge is 0.380 e. The van der Waals surface area contributed by atoms with Gasteiger partial charge < -0.3 is 20.4 Å². The Bertz CT molecular complexity index is 622. The minimum Gasteiger partial charge on any atom is -0.380 e. The summed E-state index contributed by atoms with van der Waals surface area (Å²) in [7, 11) is 1.54. The van der Waals surface area contributed by atoms with E-state index in [0.717, 1.165) is 17.9 Å². The highest BCUT2D eigenvalue weighted by molar-refractivity contribution is 5.91. The van der Waals surface area contributed by atoms with Crippen LogP contribution in [0, 0.1) is 0 Å². The van der Waals surface area contributed by atoms with E-state index < -0.39 is 0 Å². The Balaban J connectivity index is 2.10. The summed E-state index contributed by atoms with van der Waals surface area (Å²) in [6, 6.07) is 7.51. The van der Waals surface area contributed by atoms with E-state index in [0.29, 0.717) is 12.2 Å². The number of rotatable bonds is 7. The molecule has 7 nitrogen and oxygen atoms in total. The van der Waals surface area contributed by atoms with Crippen molar-refractivity contribution in [3.05, 3.63) is 30.6 Å². The van der Waals surface area contributed by atoms with Crippen LogP contribution in [0.5, 0.6) is 0 Å². The van der Waals surface area contributed by atoms with E-state index in [4.69, 9.17) is 10.5 Å². The minimum absolute atomic E-state index is 0.133. The number of benzene rings is 1. The predicted octanol–water partition coefficient (Wildman–Crippen LogP) is 1.27. The normalized spacial score (nSPS) is 12.1. The van der Waals surface area contributed by atoms with E-state index >= 15 is 0 Å². The van der Waals surface area contributed by atoms with Crippen molar-refractivity contribution in [1.82, 2.24) is 14.8 Å². The fourth-order valence-electron chi connectivity index (χ4n) is 2.13. The zero-order valence-electron chi connectivity index (χ0n) is 12.8. The molecule has 1 aromatic heterocycles. The number of anilines is 1. The Morgan fingerprint density at radius 1 is 1.50 bits per heavy atom. The van der Waals surface area contributed by atoms with E-state index in [2.05, 4.69) is 15.5 Å². The number of aryl methyl sites for hydroxylation is 1. The number of amides is 1. The Hall–Kier alpha value is -2.25. The maximum atomic E-state index is 12.0. The molecule has 0 saturated heterocycles. The van der Waals surface area contributed by atoms with Crippen molar-refractivity contribution in [2.75, 3.05) is 19.0 Å². The second kappa shape index (κ2) is 7.67. The molecule has 0 fully saturated rings. The summed E-state index contributed by atoms with van der Waals surface area (Å²) >= 11 is 0. The second-order valence-corrected chi connectivity index (χ2v) is 4.87. The zero-order chi connectivity index (χ0) is 15.9. The average molecular weight is 303 g/mol. The van der Waals surface area contributed by atoms with Crippen LogP contribution in [0.3, 0.4) is 0 Å². The third kappa shape index (κ3) is 3.90. The molecule has 2 aromatic rings. The van der Waals surface area contributed by atoms with Gasteiger partial charge in [0.05, 0.1) is 12.5 Å². The molecule has 3 N–H and O–H groups in total. The molecule has 0 spiro atoms. The van der Waals surface area contributed by atoms with Crippen molar-refractivity contribution < 1.29 is 9.53 Å². The van der Waals surface area contributed by atoms with Gasteiger partial charge in [0.1, 0.15) is 6.33 Å². The number of hydrogen-bond donors (Lipinski definition) is 2. The van der Waals surface area contributed by atoms with Gasteiger partial charge in [-0.25, -0.2) is 0 Å². The molecular formula is C15H21N5O2. The molecular weight excluding hydrogens is 282 g/mol. The van der Waals surface area contributed by atoms with Crippen LogP contribution in [0.15, 0.2) is 30.6 Å². The number of carbonyl (C=O) groups is 1. The van der Waals surface area contributed by atoms with Gasteiger partial charge in [-0.3, -0.25) is 4.79 Å². The first-order valence-electron chi connectivity index (χ1n) is 7.18. The van der Waals surface area contributed by atoms with Crippen molar-refractivity contribution in [1.29, 1.82) is 0 Å². The standard InChI is InChI=1S/C15H21N5O2/c1-3-20-10-17-19-15(20)11-5-4-6-12(7-11)18-14(21)8-13(9-16)22-2/h4-7,10,13H,3,8-9,16H2,1-2H3,(H,18,21). The van der Waals surface area contributed by atoms with Crippen LogP contribution < -0.4 is 11.1 Å². The van der Waals surface area contributed by atoms with Gasteiger partial charge in [0.25, 0.3) is 0 Å². The Morgan fingerprint density at radius 3 is 3.00 bits per heavy atom. The van der Waals surface area contributed by atoms with Gasteiger partial charge >= 0.3 is 0 Å². The smallest absolute Gasteiger partial charge is 0.227 e. The van der Waals surface area contributed by atoms with E-state index in [1.54, 1.807) is 13.4 Å². The fourth-order valence-corrected chi connectivity index (χ4v) is 2.13. The molecule has 1 unspecified atom stereocenters. The average Bonchev–Trinajstić information content (AvgIpc) is 3.01. The van der Waals surface area contributed by atoms with Crippen LogP contribution >= 0.6 is 0 Å². The van der Waals surface area contributed by atoms with Crippen molar-refractivity contribution in [2.45, 2.75) is 26.0 Å². The molecule has 7 heteroatoms. The number of nitrogens with two attached hydrogens (primary N) is 1.